The molecule has 0 radical (unpaired) electrons. The Morgan fingerprint density at radius 2 is 0.873 bits per heavy atom. The summed E-state index contributed by atoms with van der Waals surface area (Å²) >= 11 is 0. The molecule has 4 nitrogen and oxygen atoms in total. The number of fused-ring (bicyclic) bond motifs is 8. The van der Waals surface area contributed by atoms with E-state index in [4.69, 9.17) is 4.42 Å². The number of furan rings is 1. The molecule has 1 aliphatic rings. The number of rotatable bonds is 5. The lowest BCUT2D eigenvalue weighted by atomic mass is 9.85. The van der Waals surface area contributed by atoms with Gasteiger partial charge in [-0.3, -0.25) is 16.0 Å². The maximum absolute atomic E-state index is 6.45. The smallest absolute Gasteiger partial charge is 0.136 e. The van der Waals surface area contributed by atoms with Gasteiger partial charge in [0.1, 0.15) is 11.2 Å². The van der Waals surface area contributed by atoms with Gasteiger partial charge in [-0.05, 0) is 89.5 Å². The molecular formula is C51H37N3O. The van der Waals surface area contributed by atoms with E-state index in [2.05, 4.69) is 204 Å². The van der Waals surface area contributed by atoms with Crippen LogP contribution in [0, 0.1) is 0 Å². The zero-order chi connectivity index (χ0) is 36.3. The van der Waals surface area contributed by atoms with E-state index in [0.29, 0.717) is 0 Å². The molecule has 0 aliphatic carbocycles. The summed E-state index contributed by atoms with van der Waals surface area (Å²) in [5.41, 5.74) is 10.1. The van der Waals surface area contributed by atoms with E-state index in [9.17, 15) is 0 Å². The Kier molecular flexibility index (Phi) is 7.59. The number of benzene rings is 9. The third-order valence-electron chi connectivity index (χ3n) is 11.4. The van der Waals surface area contributed by atoms with Crippen molar-refractivity contribution in [2.75, 3.05) is 0 Å². The molecule has 2 unspecified atom stereocenters. The molecule has 1 saturated heterocycles. The predicted molar refractivity (Wildman–Crippen MR) is 228 cm³/mol. The largest absolute Gasteiger partial charge is 0.456 e. The van der Waals surface area contributed by atoms with Crippen LogP contribution in [0.3, 0.4) is 0 Å². The summed E-state index contributed by atoms with van der Waals surface area (Å²) in [4.78, 5) is 0. The van der Waals surface area contributed by atoms with Crippen molar-refractivity contribution in [3.8, 4) is 22.3 Å². The average molecular weight is 708 g/mol. The minimum Gasteiger partial charge on any atom is -0.456 e. The molecule has 262 valence electrons. The summed E-state index contributed by atoms with van der Waals surface area (Å²) in [7, 11) is 0. The Morgan fingerprint density at radius 1 is 0.345 bits per heavy atom. The molecule has 1 fully saturated rings. The first kappa shape index (κ1) is 31.9. The van der Waals surface area contributed by atoms with Gasteiger partial charge in [0, 0.05) is 10.8 Å². The summed E-state index contributed by atoms with van der Waals surface area (Å²) in [5.74, 6) is 0. The lowest BCUT2D eigenvalue weighted by molar-refractivity contribution is 0.204. The molecule has 1 aliphatic heterocycles. The Hall–Kier alpha value is -6.56. The summed E-state index contributed by atoms with van der Waals surface area (Å²) in [6.07, 6.45) is -0.332. The van der Waals surface area contributed by atoms with Crippen molar-refractivity contribution < 1.29 is 4.42 Å². The topological polar surface area (TPSA) is 49.2 Å². The molecule has 2 atom stereocenters. The highest BCUT2D eigenvalue weighted by Crippen LogP contribution is 2.44. The second kappa shape index (κ2) is 13.1. The molecular weight excluding hydrogens is 671 g/mol. The van der Waals surface area contributed by atoms with Crippen molar-refractivity contribution in [1.29, 1.82) is 0 Å². The minimum atomic E-state index is -0.174. The molecule has 55 heavy (non-hydrogen) atoms. The number of hydrogen-bond acceptors (Lipinski definition) is 4. The molecule has 1 aromatic heterocycles. The summed E-state index contributed by atoms with van der Waals surface area (Å²) < 4.78 is 6.45. The van der Waals surface area contributed by atoms with E-state index in [1.807, 2.05) is 0 Å². The van der Waals surface area contributed by atoms with Gasteiger partial charge in [0.15, 0.2) is 0 Å². The Morgan fingerprint density at radius 3 is 1.56 bits per heavy atom. The fourth-order valence-corrected chi connectivity index (χ4v) is 8.82. The van der Waals surface area contributed by atoms with Crippen LogP contribution in [-0.4, -0.2) is 0 Å². The predicted octanol–water partition coefficient (Wildman–Crippen LogP) is 12.6. The van der Waals surface area contributed by atoms with Gasteiger partial charge >= 0.3 is 0 Å². The third-order valence-corrected chi connectivity index (χ3v) is 11.4. The van der Waals surface area contributed by atoms with Crippen LogP contribution in [0.4, 0.5) is 0 Å². The Labute approximate surface area is 319 Å². The summed E-state index contributed by atoms with van der Waals surface area (Å²) in [6.45, 7) is 0. The van der Waals surface area contributed by atoms with Gasteiger partial charge in [-0.1, -0.05) is 170 Å². The first-order valence-corrected chi connectivity index (χ1v) is 19.0. The third kappa shape index (κ3) is 5.42. The van der Waals surface area contributed by atoms with Crippen molar-refractivity contribution in [2.24, 2.45) is 0 Å². The molecule has 10 aromatic rings. The van der Waals surface area contributed by atoms with Gasteiger partial charge in [0.2, 0.25) is 0 Å². The van der Waals surface area contributed by atoms with E-state index >= 15 is 0 Å². The molecule has 0 saturated carbocycles. The van der Waals surface area contributed by atoms with Gasteiger partial charge < -0.3 is 4.42 Å². The van der Waals surface area contributed by atoms with Crippen LogP contribution in [0.25, 0.3) is 76.5 Å². The molecule has 2 heterocycles. The molecule has 11 rings (SSSR count). The molecule has 3 N–H and O–H groups in total. The van der Waals surface area contributed by atoms with Gasteiger partial charge in [-0.2, -0.15) is 0 Å². The zero-order valence-corrected chi connectivity index (χ0v) is 30.0. The van der Waals surface area contributed by atoms with Crippen molar-refractivity contribution in [2.45, 2.75) is 18.5 Å². The molecule has 0 amide bonds. The second-order valence-electron chi connectivity index (χ2n) is 14.6. The van der Waals surface area contributed by atoms with E-state index in [-0.39, 0.29) is 18.5 Å². The van der Waals surface area contributed by atoms with Gasteiger partial charge in [0.05, 0.1) is 18.5 Å². The van der Waals surface area contributed by atoms with Crippen molar-refractivity contribution in [3.63, 3.8) is 0 Å². The average Bonchev–Trinajstić information content (AvgIpc) is 3.65. The summed E-state index contributed by atoms with van der Waals surface area (Å²) in [5, 5.41) is 21.6. The van der Waals surface area contributed by atoms with Crippen molar-refractivity contribution >= 4 is 54.3 Å². The maximum Gasteiger partial charge on any atom is 0.136 e. The Balaban J connectivity index is 1.06. The minimum absolute atomic E-state index is 0.0794. The van der Waals surface area contributed by atoms with Crippen LogP contribution in [0.1, 0.15) is 35.2 Å². The zero-order valence-electron chi connectivity index (χ0n) is 30.0. The maximum atomic E-state index is 6.45. The SMILES string of the molecule is c1ccc(C2NC(c3ccccc3)NC(c3c(-c4ccc(-c5ccc6c(c5)oc5ccc7ccccc7c56)cc4)c4ccccc4c4ccccc34)N2)cc1. The lowest BCUT2D eigenvalue weighted by Gasteiger charge is -2.41. The fraction of sp³-hybridized carbons (Fsp3) is 0.0588. The highest BCUT2D eigenvalue weighted by molar-refractivity contribution is 6.19. The standard InChI is InChI=1S/C51H37N3O/c1-3-14-35(15-4-1)49-52-50(36-16-5-2-6-17-36)54-51(53-49)48-42-22-12-10-20-40(42)39-19-9-11-21-41(39)46(48)34-25-23-32(24-26-34)37-27-29-43-45(31-37)55-44-30-28-33-13-7-8-18-38(33)47(43)44/h1-31,49-54H. The first-order chi connectivity index (χ1) is 27.3. The number of nitrogens with one attached hydrogen (secondary N) is 3. The Bertz CT molecular complexity index is 2980. The van der Waals surface area contributed by atoms with Crippen LogP contribution in [0.5, 0.6) is 0 Å². The lowest BCUT2D eigenvalue weighted by Crippen LogP contribution is -2.54. The van der Waals surface area contributed by atoms with E-state index < -0.39 is 0 Å². The van der Waals surface area contributed by atoms with E-state index in [0.717, 1.165) is 27.7 Å². The molecule has 0 bridgehead atoms. The van der Waals surface area contributed by atoms with Crippen LogP contribution < -0.4 is 16.0 Å². The van der Waals surface area contributed by atoms with Crippen molar-refractivity contribution in [1.82, 2.24) is 16.0 Å². The van der Waals surface area contributed by atoms with Gasteiger partial charge in [-0.25, -0.2) is 0 Å². The van der Waals surface area contributed by atoms with E-state index in [1.54, 1.807) is 0 Å². The normalized spacial score (nSPS) is 17.4. The van der Waals surface area contributed by atoms with Crippen molar-refractivity contribution in [3.05, 3.63) is 205 Å². The molecule has 0 spiro atoms. The molecule has 4 heteroatoms. The van der Waals surface area contributed by atoms with Crippen LogP contribution in [-0.2, 0) is 0 Å². The summed E-state index contributed by atoms with van der Waals surface area (Å²) in [6, 6.07) is 67.5. The van der Waals surface area contributed by atoms with Gasteiger partial charge in [0.25, 0.3) is 0 Å². The highest BCUT2D eigenvalue weighted by Gasteiger charge is 2.33. The molecule has 9 aromatic carbocycles. The quantitative estimate of drug-likeness (QED) is 0.156. The van der Waals surface area contributed by atoms with Crippen LogP contribution in [0.15, 0.2) is 192 Å². The second-order valence-corrected chi connectivity index (χ2v) is 14.6. The van der Waals surface area contributed by atoms with Crippen LogP contribution >= 0.6 is 0 Å². The first-order valence-electron chi connectivity index (χ1n) is 19.0. The van der Waals surface area contributed by atoms with E-state index in [1.165, 1.54) is 65.5 Å². The number of hydrogen-bond donors (Lipinski definition) is 3. The monoisotopic (exact) mass is 707 g/mol. The van der Waals surface area contributed by atoms with Gasteiger partial charge in [-0.15, -0.1) is 0 Å². The fourth-order valence-electron chi connectivity index (χ4n) is 8.82. The highest BCUT2D eigenvalue weighted by atomic mass is 16.3. The van der Waals surface area contributed by atoms with Crippen LogP contribution in [0.2, 0.25) is 0 Å².